The lowest BCUT2D eigenvalue weighted by Gasteiger charge is -2.19. The highest BCUT2D eigenvalue weighted by Crippen LogP contribution is 2.23. The predicted octanol–water partition coefficient (Wildman–Crippen LogP) is 1.92. The lowest BCUT2D eigenvalue weighted by molar-refractivity contribution is 0.309. The van der Waals surface area contributed by atoms with Gasteiger partial charge in [0.25, 0.3) is 0 Å². The van der Waals surface area contributed by atoms with E-state index < -0.39 is 0 Å². The molecule has 1 atom stereocenters. The van der Waals surface area contributed by atoms with Gasteiger partial charge in [0.15, 0.2) is 0 Å². The lowest BCUT2D eigenvalue weighted by atomic mass is 9.85. The van der Waals surface area contributed by atoms with Gasteiger partial charge in [-0.15, -0.1) is 0 Å². The fraction of sp³-hybridized carbons (Fsp3) is 0.750. The summed E-state index contributed by atoms with van der Waals surface area (Å²) in [6.45, 7) is 0. The molecule has 0 aliphatic heterocycles. The van der Waals surface area contributed by atoms with Gasteiger partial charge < -0.3 is 5.21 Å². The van der Waals surface area contributed by atoms with Crippen LogP contribution in [0.15, 0.2) is 5.16 Å². The zero-order chi connectivity index (χ0) is 8.10. The zero-order valence-corrected chi connectivity index (χ0v) is 6.45. The topological polar surface area (TPSA) is 56.4 Å². The van der Waals surface area contributed by atoms with E-state index in [-0.39, 0.29) is 5.92 Å². The van der Waals surface area contributed by atoms with E-state index >= 15 is 0 Å². The molecule has 1 N–H and O–H groups in total. The van der Waals surface area contributed by atoms with Crippen LogP contribution in [0, 0.1) is 17.2 Å². The molecule has 1 rings (SSSR count). The average Bonchev–Trinajstić information content (AvgIpc) is 2.06. The summed E-state index contributed by atoms with van der Waals surface area (Å²) in [6.07, 6.45) is 4.63. The van der Waals surface area contributed by atoms with Crippen molar-refractivity contribution >= 4 is 5.71 Å². The minimum Gasteiger partial charge on any atom is -0.411 e. The van der Waals surface area contributed by atoms with Gasteiger partial charge in [0.05, 0.1) is 11.8 Å². The molecule has 1 fully saturated rings. The summed E-state index contributed by atoms with van der Waals surface area (Å²) in [5, 5.41) is 20.2. The first-order chi connectivity index (χ1) is 5.38. The molecule has 0 radical (unpaired) electrons. The van der Waals surface area contributed by atoms with Gasteiger partial charge in [0.1, 0.15) is 0 Å². The Balaban J connectivity index is 2.53. The maximum atomic E-state index is 8.57. The molecule has 0 aromatic heterocycles. The van der Waals surface area contributed by atoms with E-state index in [2.05, 4.69) is 11.2 Å². The van der Waals surface area contributed by atoms with Crippen molar-refractivity contribution in [3.8, 4) is 6.07 Å². The van der Waals surface area contributed by atoms with E-state index in [4.69, 9.17) is 10.5 Å². The van der Waals surface area contributed by atoms with Gasteiger partial charge in [-0.05, 0) is 19.3 Å². The molecule has 1 saturated carbocycles. The maximum Gasteiger partial charge on any atom is 0.0628 e. The van der Waals surface area contributed by atoms with Crippen LogP contribution < -0.4 is 0 Å². The summed E-state index contributed by atoms with van der Waals surface area (Å²) in [7, 11) is 0. The molecule has 0 heterocycles. The lowest BCUT2D eigenvalue weighted by Crippen LogP contribution is -2.18. The molecule has 3 nitrogen and oxygen atoms in total. The van der Waals surface area contributed by atoms with Gasteiger partial charge in [-0.1, -0.05) is 11.6 Å². The fourth-order valence-electron chi connectivity index (χ4n) is 1.53. The highest BCUT2D eigenvalue weighted by molar-refractivity contribution is 5.87. The second-order valence-electron chi connectivity index (χ2n) is 2.90. The van der Waals surface area contributed by atoms with Crippen molar-refractivity contribution in [2.24, 2.45) is 11.1 Å². The summed E-state index contributed by atoms with van der Waals surface area (Å²) in [6, 6.07) is 2.11. The van der Waals surface area contributed by atoms with Crippen LogP contribution in [0.1, 0.15) is 32.1 Å². The van der Waals surface area contributed by atoms with Gasteiger partial charge in [0.2, 0.25) is 0 Å². The number of hydrogen-bond donors (Lipinski definition) is 1. The van der Waals surface area contributed by atoms with Crippen LogP contribution in [0.3, 0.4) is 0 Å². The minimum absolute atomic E-state index is 0.221. The van der Waals surface area contributed by atoms with E-state index in [0.717, 1.165) is 31.4 Å². The van der Waals surface area contributed by atoms with Crippen LogP contribution in [-0.2, 0) is 0 Å². The van der Waals surface area contributed by atoms with Crippen LogP contribution in [0.4, 0.5) is 0 Å². The molecule has 0 aromatic rings. The van der Waals surface area contributed by atoms with Crippen molar-refractivity contribution in [1.82, 2.24) is 0 Å². The second-order valence-corrected chi connectivity index (χ2v) is 2.90. The maximum absolute atomic E-state index is 8.57. The van der Waals surface area contributed by atoms with Gasteiger partial charge in [-0.3, -0.25) is 0 Å². The molecule has 0 saturated heterocycles. The van der Waals surface area contributed by atoms with E-state index in [1.165, 1.54) is 0 Å². The summed E-state index contributed by atoms with van der Waals surface area (Å²) >= 11 is 0. The standard InChI is InChI=1S/C8H12N2O/c9-6-5-7-3-1-2-4-8(7)10-11/h7,11H,1-5H2/b10-8-. The van der Waals surface area contributed by atoms with Crippen molar-refractivity contribution < 1.29 is 5.21 Å². The molecular weight excluding hydrogens is 140 g/mol. The van der Waals surface area contributed by atoms with E-state index in [1.54, 1.807) is 0 Å². The molecule has 0 amide bonds. The van der Waals surface area contributed by atoms with Gasteiger partial charge in [-0.25, -0.2) is 0 Å². The van der Waals surface area contributed by atoms with Crippen LogP contribution in [-0.4, -0.2) is 10.9 Å². The van der Waals surface area contributed by atoms with Crippen LogP contribution in [0.25, 0.3) is 0 Å². The Bertz CT molecular complexity index is 193. The molecule has 3 heteroatoms. The van der Waals surface area contributed by atoms with E-state index in [1.807, 2.05) is 0 Å². The van der Waals surface area contributed by atoms with Crippen molar-refractivity contribution in [3.05, 3.63) is 0 Å². The summed E-state index contributed by atoms with van der Waals surface area (Å²) in [5.41, 5.74) is 0.817. The molecule has 1 aliphatic rings. The molecule has 0 bridgehead atoms. The first kappa shape index (κ1) is 8.06. The summed E-state index contributed by atoms with van der Waals surface area (Å²) in [5.74, 6) is 0.221. The first-order valence-electron chi connectivity index (χ1n) is 3.96. The van der Waals surface area contributed by atoms with Crippen molar-refractivity contribution in [1.29, 1.82) is 5.26 Å². The molecule has 0 aromatic carbocycles. The molecule has 11 heavy (non-hydrogen) atoms. The smallest absolute Gasteiger partial charge is 0.0628 e. The third-order valence-electron chi connectivity index (χ3n) is 2.17. The van der Waals surface area contributed by atoms with Crippen LogP contribution in [0.5, 0.6) is 0 Å². The Morgan fingerprint density at radius 2 is 2.45 bits per heavy atom. The largest absolute Gasteiger partial charge is 0.411 e. The second kappa shape index (κ2) is 3.97. The molecule has 0 spiro atoms. The van der Waals surface area contributed by atoms with E-state index in [9.17, 15) is 0 Å². The Morgan fingerprint density at radius 3 is 3.09 bits per heavy atom. The Morgan fingerprint density at radius 1 is 1.64 bits per heavy atom. The van der Waals surface area contributed by atoms with Crippen molar-refractivity contribution in [3.63, 3.8) is 0 Å². The highest BCUT2D eigenvalue weighted by Gasteiger charge is 2.20. The number of nitriles is 1. The minimum atomic E-state index is 0.221. The molecule has 1 unspecified atom stereocenters. The van der Waals surface area contributed by atoms with Gasteiger partial charge >= 0.3 is 0 Å². The predicted molar refractivity (Wildman–Crippen MR) is 41.4 cm³/mol. The molecule has 60 valence electrons. The van der Waals surface area contributed by atoms with Gasteiger partial charge in [0, 0.05) is 12.3 Å². The molecule has 1 aliphatic carbocycles. The Kier molecular flexibility index (Phi) is 2.91. The number of hydrogen-bond acceptors (Lipinski definition) is 3. The normalized spacial score (nSPS) is 28.3. The third kappa shape index (κ3) is 1.94. The van der Waals surface area contributed by atoms with Crippen molar-refractivity contribution in [2.45, 2.75) is 32.1 Å². The Hall–Kier alpha value is -1.04. The Labute approximate surface area is 66.3 Å². The number of oxime groups is 1. The number of nitrogens with zero attached hydrogens (tertiary/aromatic N) is 2. The average molecular weight is 152 g/mol. The third-order valence-corrected chi connectivity index (χ3v) is 2.17. The van der Waals surface area contributed by atoms with Crippen LogP contribution >= 0.6 is 0 Å². The summed E-state index contributed by atoms with van der Waals surface area (Å²) < 4.78 is 0. The first-order valence-corrected chi connectivity index (χ1v) is 3.96. The SMILES string of the molecule is N#CCC1CCCC/C1=N/O. The summed E-state index contributed by atoms with van der Waals surface area (Å²) in [4.78, 5) is 0. The highest BCUT2D eigenvalue weighted by atomic mass is 16.4. The van der Waals surface area contributed by atoms with Gasteiger partial charge in [-0.2, -0.15) is 5.26 Å². The quantitative estimate of drug-likeness (QED) is 0.461. The fourth-order valence-corrected chi connectivity index (χ4v) is 1.53. The number of rotatable bonds is 1. The van der Waals surface area contributed by atoms with Crippen molar-refractivity contribution in [2.75, 3.05) is 0 Å². The zero-order valence-electron chi connectivity index (χ0n) is 6.45. The van der Waals surface area contributed by atoms with E-state index in [0.29, 0.717) is 6.42 Å². The van der Waals surface area contributed by atoms with Crippen LogP contribution in [0.2, 0.25) is 0 Å². The monoisotopic (exact) mass is 152 g/mol. The molecular formula is C8H12N2O.